The average Bonchev–Trinajstić information content (AvgIpc) is 2.50. The highest BCUT2D eigenvalue weighted by Gasteiger charge is 2.16. The molecule has 6 heteroatoms. The summed E-state index contributed by atoms with van der Waals surface area (Å²) < 4.78 is 0.666. The van der Waals surface area contributed by atoms with Crippen molar-refractivity contribution in [3.8, 4) is 0 Å². The lowest BCUT2D eigenvalue weighted by Gasteiger charge is -2.16. The molecule has 0 saturated heterocycles. The standard InChI is InChI=1S/C15H15BrN2O3/c16-13-7-6-12(15(8-13)18(20)21)9-17-14(10-19)11-4-2-1-3-5-11/h1-8,14,17,19H,9-10H2/t14-/m0/s1. The lowest BCUT2D eigenvalue weighted by atomic mass is 10.1. The third-order valence-electron chi connectivity index (χ3n) is 3.17. The number of hydrogen-bond donors (Lipinski definition) is 2. The molecule has 0 aromatic heterocycles. The molecule has 2 aromatic carbocycles. The highest BCUT2D eigenvalue weighted by atomic mass is 79.9. The van der Waals surface area contributed by atoms with Crippen molar-refractivity contribution in [2.75, 3.05) is 6.61 Å². The van der Waals surface area contributed by atoms with Crippen molar-refractivity contribution < 1.29 is 10.0 Å². The van der Waals surface area contributed by atoms with Gasteiger partial charge in [-0.1, -0.05) is 46.3 Å². The summed E-state index contributed by atoms with van der Waals surface area (Å²) in [5, 5.41) is 23.7. The molecule has 0 fully saturated rings. The maximum Gasteiger partial charge on any atom is 0.275 e. The Morgan fingerprint density at radius 2 is 1.95 bits per heavy atom. The minimum absolute atomic E-state index is 0.0571. The van der Waals surface area contributed by atoms with E-state index in [0.29, 0.717) is 16.6 Å². The van der Waals surface area contributed by atoms with Crippen LogP contribution in [0.3, 0.4) is 0 Å². The largest absolute Gasteiger partial charge is 0.394 e. The summed E-state index contributed by atoms with van der Waals surface area (Å²) in [6, 6.07) is 14.2. The fourth-order valence-corrected chi connectivity index (χ4v) is 2.41. The van der Waals surface area contributed by atoms with Crippen molar-refractivity contribution in [3.63, 3.8) is 0 Å². The van der Waals surface area contributed by atoms with Crippen molar-refractivity contribution in [2.24, 2.45) is 0 Å². The molecule has 0 amide bonds. The minimum Gasteiger partial charge on any atom is -0.394 e. The lowest BCUT2D eigenvalue weighted by molar-refractivity contribution is -0.385. The molecule has 0 aliphatic rings. The van der Waals surface area contributed by atoms with Gasteiger partial charge in [0.2, 0.25) is 0 Å². The number of aliphatic hydroxyl groups is 1. The summed E-state index contributed by atoms with van der Waals surface area (Å²) in [5.74, 6) is 0. The van der Waals surface area contributed by atoms with Gasteiger partial charge >= 0.3 is 0 Å². The van der Waals surface area contributed by atoms with E-state index in [1.54, 1.807) is 12.1 Å². The maximum atomic E-state index is 11.1. The van der Waals surface area contributed by atoms with E-state index >= 15 is 0 Å². The Hall–Kier alpha value is -1.76. The van der Waals surface area contributed by atoms with E-state index in [1.165, 1.54) is 6.07 Å². The van der Waals surface area contributed by atoms with Gasteiger partial charge < -0.3 is 10.4 Å². The highest BCUT2D eigenvalue weighted by Crippen LogP contribution is 2.24. The monoisotopic (exact) mass is 350 g/mol. The van der Waals surface area contributed by atoms with Crippen LogP contribution in [0.4, 0.5) is 5.69 Å². The Bertz CT molecular complexity index is 620. The number of halogens is 1. The van der Waals surface area contributed by atoms with E-state index in [2.05, 4.69) is 21.2 Å². The van der Waals surface area contributed by atoms with Gasteiger partial charge in [0, 0.05) is 22.6 Å². The molecule has 1 atom stereocenters. The Morgan fingerprint density at radius 3 is 2.57 bits per heavy atom. The van der Waals surface area contributed by atoms with Crippen LogP contribution in [0.25, 0.3) is 0 Å². The number of nitro groups is 1. The summed E-state index contributed by atoms with van der Waals surface area (Å²) in [7, 11) is 0. The third-order valence-corrected chi connectivity index (χ3v) is 3.66. The second-order valence-corrected chi connectivity index (χ2v) is 5.47. The molecule has 0 aliphatic heterocycles. The van der Waals surface area contributed by atoms with E-state index in [4.69, 9.17) is 0 Å². The second-order valence-electron chi connectivity index (χ2n) is 4.56. The first-order valence-electron chi connectivity index (χ1n) is 6.44. The van der Waals surface area contributed by atoms with Gasteiger partial charge in [0.15, 0.2) is 0 Å². The van der Waals surface area contributed by atoms with Crippen LogP contribution in [-0.2, 0) is 6.54 Å². The van der Waals surface area contributed by atoms with Gasteiger partial charge in [-0.15, -0.1) is 0 Å². The minimum atomic E-state index is -0.405. The topological polar surface area (TPSA) is 75.4 Å². The Morgan fingerprint density at radius 1 is 1.24 bits per heavy atom. The van der Waals surface area contributed by atoms with E-state index in [-0.39, 0.29) is 18.3 Å². The number of benzene rings is 2. The molecule has 0 bridgehead atoms. The normalized spacial score (nSPS) is 12.1. The Kier molecular flexibility index (Phi) is 5.44. The first kappa shape index (κ1) is 15.6. The lowest BCUT2D eigenvalue weighted by Crippen LogP contribution is -2.24. The number of nitrogens with zero attached hydrogens (tertiary/aromatic N) is 1. The van der Waals surface area contributed by atoms with Crippen LogP contribution in [0, 0.1) is 10.1 Å². The zero-order valence-electron chi connectivity index (χ0n) is 11.2. The molecule has 110 valence electrons. The number of aliphatic hydroxyl groups excluding tert-OH is 1. The average molecular weight is 351 g/mol. The zero-order chi connectivity index (χ0) is 15.2. The number of nitrogens with one attached hydrogen (secondary N) is 1. The van der Waals surface area contributed by atoms with Crippen LogP contribution in [0.2, 0.25) is 0 Å². The van der Waals surface area contributed by atoms with Crippen molar-refractivity contribution in [3.05, 3.63) is 74.2 Å². The number of nitro benzene ring substituents is 1. The third kappa shape index (κ3) is 4.10. The van der Waals surface area contributed by atoms with Crippen molar-refractivity contribution in [2.45, 2.75) is 12.6 Å². The van der Waals surface area contributed by atoms with Gasteiger partial charge in [-0.3, -0.25) is 10.1 Å². The van der Waals surface area contributed by atoms with Crippen molar-refractivity contribution in [1.82, 2.24) is 5.32 Å². The molecule has 0 spiro atoms. The van der Waals surface area contributed by atoms with Crippen LogP contribution in [0.1, 0.15) is 17.2 Å². The fourth-order valence-electron chi connectivity index (χ4n) is 2.06. The Balaban J connectivity index is 2.14. The second kappa shape index (κ2) is 7.31. The van der Waals surface area contributed by atoms with Crippen LogP contribution < -0.4 is 5.32 Å². The predicted octanol–water partition coefficient (Wildman–Crippen LogP) is 3.18. The zero-order valence-corrected chi connectivity index (χ0v) is 12.8. The first-order chi connectivity index (χ1) is 10.1. The molecule has 2 rings (SSSR count). The molecular formula is C15H15BrN2O3. The van der Waals surface area contributed by atoms with Crippen molar-refractivity contribution >= 4 is 21.6 Å². The highest BCUT2D eigenvalue weighted by molar-refractivity contribution is 9.10. The van der Waals surface area contributed by atoms with Crippen molar-refractivity contribution in [1.29, 1.82) is 0 Å². The summed E-state index contributed by atoms with van der Waals surface area (Å²) in [6.07, 6.45) is 0. The quantitative estimate of drug-likeness (QED) is 0.619. The molecule has 0 saturated carbocycles. The van der Waals surface area contributed by atoms with E-state index in [1.807, 2.05) is 30.3 Å². The predicted molar refractivity (Wildman–Crippen MR) is 83.9 cm³/mol. The molecule has 0 aliphatic carbocycles. The fraction of sp³-hybridized carbons (Fsp3) is 0.200. The molecular weight excluding hydrogens is 336 g/mol. The molecule has 2 aromatic rings. The molecule has 5 nitrogen and oxygen atoms in total. The smallest absolute Gasteiger partial charge is 0.275 e. The van der Waals surface area contributed by atoms with Crippen LogP contribution in [-0.4, -0.2) is 16.6 Å². The molecule has 0 heterocycles. The SMILES string of the molecule is O=[N+]([O-])c1cc(Br)ccc1CN[C@@H](CO)c1ccccc1. The maximum absolute atomic E-state index is 11.1. The van der Waals surface area contributed by atoms with Gasteiger partial charge in [0.05, 0.1) is 17.6 Å². The number of hydrogen-bond acceptors (Lipinski definition) is 4. The van der Waals surface area contributed by atoms with Crippen LogP contribution >= 0.6 is 15.9 Å². The van der Waals surface area contributed by atoms with Gasteiger partial charge in [-0.2, -0.15) is 0 Å². The molecule has 2 N–H and O–H groups in total. The van der Waals surface area contributed by atoms with Gasteiger partial charge in [0.1, 0.15) is 0 Å². The summed E-state index contributed by atoms with van der Waals surface area (Å²) >= 11 is 3.23. The molecule has 0 unspecified atom stereocenters. The number of rotatable bonds is 6. The molecule has 21 heavy (non-hydrogen) atoms. The van der Waals surface area contributed by atoms with Crippen LogP contribution in [0.15, 0.2) is 53.0 Å². The van der Waals surface area contributed by atoms with Gasteiger partial charge in [0.25, 0.3) is 5.69 Å². The molecule has 0 radical (unpaired) electrons. The van der Waals surface area contributed by atoms with E-state index < -0.39 is 4.92 Å². The summed E-state index contributed by atoms with van der Waals surface area (Å²) in [4.78, 5) is 10.7. The van der Waals surface area contributed by atoms with Crippen LogP contribution in [0.5, 0.6) is 0 Å². The van der Waals surface area contributed by atoms with E-state index in [0.717, 1.165) is 5.56 Å². The Labute approximate surface area is 130 Å². The van der Waals surface area contributed by atoms with Gasteiger partial charge in [-0.05, 0) is 17.7 Å². The summed E-state index contributed by atoms with van der Waals surface area (Å²) in [6.45, 7) is 0.234. The summed E-state index contributed by atoms with van der Waals surface area (Å²) in [5.41, 5.74) is 1.58. The van der Waals surface area contributed by atoms with Gasteiger partial charge in [-0.25, -0.2) is 0 Å². The van der Waals surface area contributed by atoms with E-state index in [9.17, 15) is 15.2 Å². The first-order valence-corrected chi connectivity index (χ1v) is 7.23.